The summed E-state index contributed by atoms with van der Waals surface area (Å²) in [5.74, 6) is 0.675. The Morgan fingerprint density at radius 3 is 2.04 bits per heavy atom. The summed E-state index contributed by atoms with van der Waals surface area (Å²) < 4.78 is 21.3. The molecule has 0 bridgehead atoms. The zero-order valence-corrected chi connectivity index (χ0v) is 15.6. The molecule has 2 aromatic carbocycles. The predicted octanol–water partition coefficient (Wildman–Crippen LogP) is 3.13. The van der Waals surface area contributed by atoms with Crippen LogP contribution in [0.25, 0.3) is 0 Å². The van der Waals surface area contributed by atoms with Crippen molar-refractivity contribution in [2.24, 2.45) is 5.73 Å². The van der Waals surface area contributed by atoms with Crippen molar-refractivity contribution in [3.8, 4) is 17.2 Å². The number of carbonyl (C=O) groups is 1. The minimum atomic E-state index is -0.752. The molecule has 0 aliphatic heterocycles. The molecule has 0 spiro atoms. The SMILES string of the molecule is CC[C@](N)(COC(=O)c1cc(OC)c(OC)c(OC)c1)c1ccccc1. The van der Waals surface area contributed by atoms with Crippen molar-refractivity contribution in [3.63, 3.8) is 0 Å². The molecule has 0 radical (unpaired) electrons. The molecule has 0 saturated heterocycles. The van der Waals surface area contributed by atoms with E-state index in [9.17, 15) is 4.79 Å². The van der Waals surface area contributed by atoms with Crippen LogP contribution in [0, 0.1) is 0 Å². The maximum atomic E-state index is 12.5. The molecule has 26 heavy (non-hydrogen) atoms. The first-order chi connectivity index (χ1) is 12.5. The summed E-state index contributed by atoms with van der Waals surface area (Å²) in [5.41, 5.74) is 6.92. The molecule has 2 rings (SSSR count). The van der Waals surface area contributed by atoms with E-state index in [-0.39, 0.29) is 6.61 Å². The monoisotopic (exact) mass is 359 g/mol. The van der Waals surface area contributed by atoms with Crippen LogP contribution in [0.2, 0.25) is 0 Å². The van der Waals surface area contributed by atoms with Gasteiger partial charge in [0, 0.05) is 0 Å². The lowest BCUT2D eigenvalue weighted by molar-refractivity contribution is 0.0397. The summed E-state index contributed by atoms with van der Waals surface area (Å²) in [7, 11) is 4.48. The summed E-state index contributed by atoms with van der Waals surface area (Å²) in [5, 5.41) is 0. The molecular weight excluding hydrogens is 334 g/mol. The third-order valence-corrected chi connectivity index (χ3v) is 4.34. The van der Waals surface area contributed by atoms with E-state index in [1.165, 1.54) is 21.3 Å². The topological polar surface area (TPSA) is 80.0 Å². The molecule has 6 nitrogen and oxygen atoms in total. The van der Waals surface area contributed by atoms with E-state index in [0.29, 0.717) is 29.2 Å². The zero-order valence-electron chi connectivity index (χ0n) is 15.6. The molecule has 140 valence electrons. The lowest BCUT2D eigenvalue weighted by atomic mass is 9.89. The first kappa shape index (κ1) is 19.6. The summed E-state index contributed by atoms with van der Waals surface area (Å²) in [6, 6.07) is 12.7. The smallest absolute Gasteiger partial charge is 0.338 e. The summed E-state index contributed by atoms with van der Waals surface area (Å²) >= 11 is 0. The minimum absolute atomic E-state index is 0.0585. The first-order valence-corrected chi connectivity index (χ1v) is 8.30. The van der Waals surface area contributed by atoms with Crippen molar-refractivity contribution >= 4 is 5.97 Å². The average Bonchev–Trinajstić information content (AvgIpc) is 2.71. The third kappa shape index (κ3) is 4.08. The Labute approximate surface area is 153 Å². The fourth-order valence-electron chi connectivity index (χ4n) is 2.64. The van der Waals surface area contributed by atoms with Gasteiger partial charge in [0.1, 0.15) is 6.61 Å². The van der Waals surface area contributed by atoms with Gasteiger partial charge in [-0.05, 0) is 24.1 Å². The number of rotatable bonds is 8. The van der Waals surface area contributed by atoms with Crippen LogP contribution in [0.1, 0.15) is 29.3 Å². The van der Waals surface area contributed by atoms with Crippen molar-refractivity contribution in [1.82, 2.24) is 0 Å². The van der Waals surface area contributed by atoms with Crippen LogP contribution in [0.3, 0.4) is 0 Å². The van der Waals surface area contributed by atoms with E-state index < -0.39 is 11.5 Å². The maximum absolute atomic E-state index is 12.5. The number of nitrogens with two attached hydrogens (primary N) is 1. The molecule has 0 fully saturated rings. The van der Waals surface area contributed by atoms with Gasteiger partial charge < -0.3 is 24.7 Å². The van der Waals surface area contributed by atoms with Crippen molar-refractivity contribution < 1.29 is 23.7 Å². The molecule has 0 aromatic heterocycles. The summed E-state index contributed by atoms with van der Waals surface area (Å²) in [6.07, 6.45) is 0.625. The van der Waals surface area contributed by atoms with Crippen LogP contribution in [-0.2, 0) is 10.3 Å². The van der Waals surface area contributed by atoms with Crippen molar-refractivity contribution in [2.45, 2.75) is 18.9 Å². The van der Waals surface area contributed by atoms with Gasteiger partial charge >= 0.3 is 5.97 Å². The third-order valence-electron chi connectivity index (χ3n) is 4.34. The van der Waals surface area contributed by atoms with Crippen molar-refractivity contribution in [3.05, 3.63) is 53.6 Å². The number of benzene rings is 2. The first-order valence-electron chi connectivity index (χ1n) is 8.30. The molecule has 0 unspecified atom stereocenters. The van der Waals surface area contributed by atoms with Gasteiger partial charge in [-0.15, -0.1) is 0 Å². The van der Waals surface area contributed by atoms with Crippen LogP contribution in [-0.4, -0.2) is 33.9 Å². The Morgan fingerprint density at radius 1 is 1.00 bits per heavy atom. The highest BCUT2D eigenvalue weighted by Gasteiger charge is 2.28. The second-order valence-electron chi connectivity index (χ2n) is 5.87. The largest absolute Gasteiger partial charge is 0.493 e. The lowest BCUT2D eigenvalue weighted by Gasteiger charge is -2.28. The Bertz CT molecular complexity index is 722. The van der Waals surface area contributed by atoms with E-state index >= 15 is 0 Å². The Morgan fingerprint density at radius 2 is 1.58 bits per heavy atom. The Hall–Kier alpha value is -2.73. The van der Waals surface area contributed by atoms with Crippen LogP contribution >= 0.6 is 0 Å². The van der Waals surface area contributed by atoms with Crippen LogP contribution in [0.5, 0.6) is 17.2 Å². The minimum Gasteiger partial charge on any atom is -0.493 e. The molecule has 0 amide bonds. The van der Waals surface area contributed by atoms with Gasteiger partial charge in [0.05, 0.1) is 32.4 Å². The van der Waals surface area contributed by atoms with Gasteiger partial charge in [-0.2, -0.15) is 0 Å². The van der Waals surface area contributed by atoms with Gasteiger partial charge in [0.25, 0.3) is 0 Å². The van der Waals surface area contributed by atoms with E-state index in [1.807, 2.05) is 37.3 Å². The van der Waals surface area contributed by atoms with Gasteiger partial charge in [0.15, 0.2) is 11.5 Å². The van der Waals surface area contributed by atoms with E-state index in [2.05, 4.69) is 0 Å². The predicted molar refractivity (Wildman–Crippen MR) is 99.0 cm³/mol. The van der Waals surface area contributed by atoms with E-state index in [1.54, 1.807) is 12.1 Å². The molecule has 0 saturated carbocycles. The number of ether oxygens (including phenoxy) is 4. The fraction of sp³-hybridized carbons (Fsp3) is 0.350. The Kier molecular flexibility index (Phi) is 6.46. The van der Waals surface area contributed by atoms with Gasteiger partial charge in [0.2, 0.25) is 5.75 Å². The van der Waals surface area contributed by atoms with Gasteiger partial charge in [-0.25, -0.2) is 4.79 Å². The highest BCUT2D eigenvalue weighted by atomic mass is 16.5. The second-order valence-corrected chi connectivity index (χ2v) is 5.87. The summed E-state index contributed by atoms with van der Waals surface area (Å²) in [4.78, 5) is 12.5. The van der Waals surface area contributed by atoms with Crippen LogP contribution in [0.4, 0.5) is 0 Å². The highest BCUT2D eigenvalue weighted by molar-refractivity contribution is 5.91. The van der Waals surface area contributed by atoms with Crippen molar-refractivity contribution in [2.75, 3.05) is 27.9 Å². The van der Waals surface area contributed by atoms with Crippen LogP contribution in [0.15, 0.2) is 42.5 Å². The fourth-order valence-corrected chi connectivity index (χ4v) is 2.64. The molecule has 2 N–H and O–H groups in total. The normalized spacial score (nSPS) is 12.8. The number of hydrogen-bond donors (Lipinski definition) is 1. The van der Waals surface area contributed by atoms with Crippen LogP contribution < -0.4 is 19.9 Å². The number of esters is 1. The zero-order chi connectivity index (χ0) is 19.2. The number of carbonyl (C=O) groups excluding carboxylic acids is 1. The van der Waals surface area contributed by atoms with E-state index in [0.717, 1.165) is 5.56 Å². The van der Waals surface area contributed by atoms with Gasteiger partial charge in [-0.1, -0.05) is 37.3 Å². The molecule has 0 aliphatic carbocycles. The average molecular weight is 359 g/mol. The maximum Gasteiger partial charge on any atom is 0.338 e. The van der Waals surface area contributed by atoms with Gasteiger partial charge in [-0.3, -0.25) is 0 Å². The standard InChI is InChI=1S/C20H25NO5/c1-5-20(21,15-9-7-6-8-10-15)13-26-19(22)14-11-16(23-2)18(25-4)17(12-14)24-3/h6-12H,5,13,21H2,1-4H3/t20-/m0/s1. The number of hydrogen-bond acceptors (Lipinski definition) is 6. The Balaban J connectivity index is 2.22. The number of methoxy groups -OCH3 is 3. The van der Waals surface area contributed by atoms with Crippen molar-refractivity contribution in [1.29, 1.82) is 0 Å². The summed E-state index contributed by atoms with van der Waals surface area (Å²) in [6.45, 7) is 2.02. The molecular formula is C20H25NO5. The molecule has 0 aliphatic rings. The molecule has 0 heterocycles. The molecule has 6 heteroatoms. The van der Waals surface area contributed by atoms with E-state index in [4.69, 9.17) is 24.7 Å². The molecule has 2 aromatic rings. The molecule has 1 atom stereocenters. The lowest BCUT2D eigenvalue weighted by Crippen LogP contribution is -2.41. The quantitative estimate of drug-likeness (QED) is 0.730. The highest BCUT2D eigenvalue weighted by Crippen LogP contribution is 2.38. The second kappa shape index (κ2) is 8.58.